The fraction of sp³-hybridized carbons (Fsp3) is 0.188. The molecule has 0 radical (unpaired) electrons. The molecule has 1 aromatic carbocycles. The van der Waals surface area contributed by atoms with E-state index >= 15 is 0 Å². The molecular weight excluding hydrogens is 236 g/mol. The Morgan fingerprint density at radius 2 is 2.00 bits per heavy atom. The summed E-state index contributed by atoms with van der Waals surface area (Å²) in [6.45, 7) is 3.02. The van der Waals surface area contributed by atoms with Crippen molar-refractivity contribution in [1.82, 2.24) is 4.57 Å². The zero-order valence-corrected chi connectivity index (χ0v) is 11.2. The third-order valence-corrected chi connectivity index (χ3v) is 3.33. The molecule has 0 saturated carbocycles. The van der Waals surface area contributed by atoms with Crippen LogP contribution >= 0.6 is 0 Å². The van der Waals surface area contributed by atoms with Gasteiger partial charge in [-0.15, -0.1) is 0 Å². The molecule has 0 amide bonds. The lowest BCUT2D eigenvalue weighted by atomic mass is 10.3. The van der Waals surface area contributed by atoms with Crippen molar-refractivity contribution in [3.63, 3.8) is 0 Å². The first kappa shape index (κ1) is 11.8. The summed E-state index contributed by atoms with van der Waals surface area (Å²) in [5.41, 5.74) is 3.22. The summed E-state index contributed by atoms with van der Waals surface area (Å²) >= 11 is 0. The minimum absolute atomic E-state index is 0.880. The molecule has 0 aliphatic carbocycles. The SMILES string of the molecule is CC[n+]1c(C=Cc2cccn2C)oc2ccccc21. The molecule has 0 atom stereocenters. The number of hydrogen-bond acceptors (Lipinski definition) is 1. The lowest BCUT2D eigenvalue weighted by Crippen LogP contribution is -2.33. The molecule has 3 rings (SSSR count). The van der Waals surface area contributed by atoms with Gasteiger partial charge in [0.1, 0.15) is 6.54 Å². The molecule has 2 heterocycles. The third-order valence-electron chi connectivity index (χ3n) is 3.33. The Morgan fingerprint density at radius 3 is 2.74 bits per heavy atom. The number of para-hydroxylation sites is 2. The lowest BCUT2D eigenvalue weighted by Gasteiger charge is -1.94. The highest BCUT2D eigenvalue weighted by Gasteiger charge is 2.17. The number of aryl methyl sites for hydroxylation is 2. The Bertz CT molecular complexity index is 734. The van der Waals surface area contributed by atoms with Gasteiger partial charge in [0.05, 0.1) is 6.08 Å². The van der Waals surface area contributed by atoms with Crippen LogP contribution in [0.1, 0.15) is 18.5 Å². The summed E-state index contributed by atoms with van der Waals surface area (Å²) in [6.07, 6.45) is 6.13. The molecule has 0 unspecified atom stereocenters. The minimum Gasteiger partial charge on any atom is -0.398 e. The molecule has 0 fully saturated rings. The van der Waals surface area contributed by atoms with Gasteiger partial charge < -0.3 is 8.98 Å². The molecule has 0 saturated heterocycles. The van der Waals surface area contributed by atoms with E-state index in [1.54, 1.807) is 0 Å². The molecule has 3 aromatic rings. The smallest absolute Gasteiger partial charge is 0.374 e. The molecule has 0 N–H and O–H groups in total. The summed E-state index contributed by atoms with van der Waals surface area (Å²) in [7, 11) is 2.03. The number of fused-ring (bicyclic) bond motifs is 1. The van der Waals surface area contributed by atoms with Gasteiger partial charge in [-0.05, 0) is 31.2 Å². The van der Waals surface area contributed by atoms with Crippen molar-refractivity contribution in [2.24, 2.45) is 7.05 Å². The van der Waals surface area contributed by atoms with Crippen LogP contribution < -0.4 is 4.57 Å². The summed E-state index contributed by atoms with van der Waals surface area (Å²) in [5, 5.41) is 0. The second-order valence-corrected chi connectivity index (χ2v) is 4.53. The maximum absolute atomic E-state index is 5.90. The Kier molecular flexibility index (Phi) is 2.95. The number of benzene rings is 1. The van der Waals surface area contributed by atoms with E-state index in [-0.39, 0.29) is 0 Å². The molecular formula is C16H17N2O+. The number of nitrogens with zero attached hydrogens (tertiary/aromatic N) is 2. The van der Waals surface area contributed by atoms with Gasteiger partial charge in [-0.25, -0.2) is 0 Å². The van der Waals surface area contributed by atoms with Crippen molar-refractivity contribution >= 4 is 23.3 Å². The van der Waals surface area contributed by atoms with Gasteiger partial charge in [0.15, 0.2) is 0 Å². The largest absolute Gasteiger partial charge is 0.398 e. The minimum atomic E-state index is 0.880. The van der Waals surface area contributed by atoms with E-state index in [0.29, 0.717) is 0 Å². The first-order chi connectivity index (χ1) is 9.29. The predicted molar refractivity (Wildman–Crippen MR) is 76.4 cm³/mol. The Balaban J connectivity index is 2.05. The molecule has 0 aliphatic heterocycles. The topological polar surface area (TPSA) is 21.9 Å². The van der Waals surface area contributed by atoms with Crippen molar-refractivity contribution in [3.05, 3.63) is 54.2 Å². The van der Waals surface area contributed by atoms with Crippen LogP contribution in [0, 0.1) is 0 Å². The van der Waals surface area contributed by atoms with Crippen molar-refractivity contribution in [3.8, 4) is 0 Å². The number of hydrogen-bond donors (Lipinski definition) is 0. The van der Waals surface area contributed by atoms with Crippen LogP contribution in [-0.2, 0) is 13.6 Å². The first-order valence-electron chi connectivity index (χ1n) is 6.50. The quantitative estimate of drug-likeness (QED) is 0.657. The summed E-state index contributed by atoms with van der Waals surface area (Å²) in [6, 6.07) is 12.2. The Morgan fingerprint density at radius 1 is 1.16 bits per heavy atom. The van der Waals surface area contributed by atoms with Gasteiger partial charge >= 0.3 is 5.89 Å². The van der Waals surface area contributed by atoms with Crippen LogP contribution in [-0.4, -0.2) is 4.57 Å². The van der Waals surface area contributed by atoms with Crippen LogP contribution in [0.3, 0.4) is 0 Å². The Labute approximate surface area is 112 Å². The zero-order valence-electron chi connectivity index (χ0n) is 11.2. The van der Waals surface area contributed by atoms with E-state index in [9.17, 15) is 0 Å². The highest BCUT2D eigenvalue weighted by atomic mass is 16.3. The van der Waals surface area contributed by atoms with Gasteiger partial charge in [-0.1, -0.05) is 12.1 Å². The zero-order chi connectivity index (χ0) is 13.2. The van der Waals surface area contributed by atoms with Crippen LogP contribution in [0.25, 0.3) is 23.3 Å². The van der Waals surface area contributed by atoms with Crippen LogP contribution in [0.15, 0.2) is 47.0 Å². The molecule has 0 aliphatic rings. The van der Waals surface area contributed by atoms with Gasteiger partial charge in [0.25, 0.3) is 5.52 Å². The first-order valence-corrected chi connectivity index (χ1v) is 6.50. The average molecular weight is 253 g/mol. The number of aromatic nitrogens is 2. The van der Waals surface area contributed by atoms with Crippen molar-refractivity contribution in [1.29, 1.82) is 0 Å². The van der Waals surface area contributed by atoms with Crippen molar-refractivity contribution in [2.75, 3.05) is 0 Å². The van der Waals surface area contributed by atoms with Gasteiger partial charge in [0.2, 0.25) is 5.58 Å². The highest BCUT2D eigenvalue weighted by molar-refractivity contribution is 5.71. The molecule has 3 nitrogen and oxygen atoms in total. The van der Waals surface area contributed by atoms with Crippen LogP contribution in [0.2, 0.25) is 0 Å². The molecule has 3 heteroatoms. The van der Waals surface area contributed by atoms with Gasteiger partial charge in [0, 0.05) is 25.0 Å². The van der Waals surface area contributed by atoms with E-state index in [2.05, 4.69) is 34.3 Å². The van der Waals surface area contributed by atoms with Crippen LogP contribution in [0.4, 0.5) is 0 Å². The monoisotopic (exact) mass is 253 g/mol. The van der Waals surface area contributed by atoms with E-state index in [0.717, 1.165) is 29.2 Å². The molecule has 0 bridgehead atoms. The maximum atomic E-state index is 5.90. The second kappa shape index (κ2) is 4.76. The van der Waals surface area contributed by atoms with Gasteiger partial charge in [-0.2, -0.15) is 4.57 Å². The second-order valence-electron chi connectivity index (χ2n) is 4.53. The average Bonchev–Trinajstić information content (AvgIpc) is 2.99. The molecule has 2 aromatic heterocycles. The lowest BCUT2D eigenvalue weighted by molar-refractivity contribution is -0.674. The summed E-state index contributed by atoms with van der Waals surface area (Å²) < 4.78 is 10.1. The predicted octanol–water partition coefficient (Wildman–Crippen LogP) is 3.25. The fourth-order valence-electron chi connectivity index (χ4n) is 2.31. The van der Waals surface area contributed by atoms with E-state index in [1.165, 1.54) is 0 Å². The molecule has 96 valence electrons. The maximum Gasteiger partial charge on any atom is 0.374 e. The normalized spacial score (nSPS) is 11.7. The fourth-order valence-corrected chi connectivity index (χ4v) is 2.31. The highest BCUT2D eigenvalue weighted by Crippen LogP contribution is 2.15. The third kappa shape index (κ3) is 2.08. The van der Waals surface area contributed by atoms with E-state index < -0.39 is 0 Å². The van der Waals surface area contributed by atoms with Crippen LogP contribution in [0.5, 0.6) is 0 Å². The van der Waals surface area contributed by atoms with Gasteiger partial charge in [-0.3, -0.25) is 0 Å². The number of rotatable bonds is 3. The molecule has 0 spiro atoms. The Hall–Kier alpha value is -2.29. The molecule has 19 heavy (non-hydrogen) atoms. The van der Waals surface area contributed by atoms with E-state index in [4.69, 9.17) is 4.42 Å². The standard InChI is InChI=1S/C16H17N2O/c1-3-18-14-8-4-5-9-15(14)19-16(18)11-10-13-7-6-12-17(13)2/h4-12H,3H2,1-2H3/q+1. The van der Waals surface area contributed by atoms with E-state index in [1.807, 2.05) is 43.6 Å². The summed E-state index contributed by atoms with van der Waals surface area (Å²) in [5.74, 6) is 0.880. The van der Waals surface area contributed by atoms with Crippen molar-refractivity contribution < 1.29 is 8.98 Å². The number of oxazole rings is 1. The van der Waals surface area contributed by atoms with Crippen molar-refractivity contribution in [2.45, 2.75) is 13.5 Å². The summed E-state index contributed by atoms with van der Waals surface area (Å²) in [4.78, 5) is 0.